The number of rotatable bonds is 3. The zero-order chi connectivity index (χ0) is 11.7. The van der Waals surface area contributed by atoms with Crippen LogP contribution in [-0.4, -0.2) is 20.6 Å². The van der Waals surface area contributed by atoms with E-state index in [0.29, 0.717) is 11.6 Å². The van der Waals surface area contributed by atoms with Crippen LogP contribution in [0, 0.1) is 6.92 Å². The fourth-order valence-electron chi connectivity index (χ4n) is 2.46. The Morgan fingerprint density at radius 3 is 3.12 bits per heavy atom. The van der Waals surface area contributed by atoms with Crippen molar-refractivity contribution in [2.45, 2.75) is 45.1 Å². The molecule has 2 heterocycles. The number of carboxylic acids is 1. The third kappa shape index (κ3) is 2.07. The molecular formula is C11H15ClN2O2. The van der Waals surface area contributed by atoms with Crippen molar-refractivity contribution in [2.75, 3.05) is 0 Å². The number of aliphatic carboxylic acids is 1. The van der Waals surface area contributed by atoms with E-state index < -0.39 is 5.97 Å². The smallest absolute Gasteiger partial charge is 0.303 e. The van der Waals surface area contributed by atoms with Crippen molar-refractivity contribution in [1.82, 2.24) is 9.55 Å². The Morgan fingerprint density at radius 1 is 1.69 bits per heavy atom. The van der Waals surface area contributed by atoms with Crippen molar-refractivity contribution in [3.63, 3.8) is 0 Å². The van der Waals surface area contributed by atoms with Gasteiger partial charge in [-0.05, 0) is 32.6 Å². The minimum Gasteiger partial charge on any atom is -0.481 e. The summed E-state index contributed by atoms with van der Waals surface area (Å²) in [4.78, 5) is 14.8. The summed E-state index contributed by atoms with van der Waals surface area (Å²) in [5, 5.41) is 9.30. The van der Waals surface area contributed by atoms with Gasteiger partial charge in [-0.2, -0.15) is 0 Å². The molecule has 0 aromatic carbocycles. The number of carboxylic acid groups (broad SMARTS) is 1. The molecule has 0 amide bonds. The Labute approximate surface area is 99.2 Å². The predicted molar refractivity (Wildman–Crippen MR) is 60.8 cm³/mol. The third-order valence-corrected chi connectivity index (χ3v) is 3.45. The van der Waals surface area contributed by atoms with Crippen molar-refractivity contribution in [2.24, 2.45) is 0 Å². The lowest BCUT2D eigenvalue weighted by Crippen LogP contribution is -2.19. The number of aryl methyl sites for hydroxylation is 1. The normalized spacial score (nSPS) is 19.5. The van der Waals surface area contributed by atoms with Crippen molar-refractivity contribution < 1.29 is 9.90 Å². The van der Waals surface area contributed by atoms with Crippen LogP contribution in [0.5, 0.6) is 0 Å². The Bertz CT molecular complexity index is 414. The highest BCUT2D eigenvalue weighted by Crippen LogP contribution is 2.33. The lowest BCUT2D eigenvalue weighted by Gasteiger charge is -2.26. The molecule has 1 aromatic rings. The van der Waals surface area contributed by atoms with E-state index in [1.54, 1.807) is 0 Å². The molecule has 4 nitrogen and oxygen atoms in total. The molecule has 1 aliphatic rings. The quantitative estimate of drug-likeness (QED) is 0.886. The maximum atomic E-state index is 10.6. The molecule has 88 valence electrons. The molecule has 0 fully saturated rings. The van der Waals surface area contributed by atoms with Gasteiger partial charge in [0, 0.05) is 12.5 Å². The zero-order valence-corrected chi connectivity index (χ0v) is 10.00. The molecule has 1 unspecified atom stereocenters. The molecular weight excluding hydrogens is 228 g/mol. The fourth-order valence-corrected chi connectivity index (χ4v) is 2.77. The van der Waals surface area contributed by atoms with E-state index in [9.17, 15) is 4.79 Å². The monoisotopic (exact) mass is 242 g/mol. The van der Waals surface area contributed by atoms with Crippen molar-refractivity contribution in [3.05, 3.63) is 16.7 Å². The summed E-state index contributed by atoms with van der Waals surface area (Å²) in [6, 6.07) is 0.250. The molecule has 0 saturated heterocycles. The summed E-state index contributed by atoms with van der Waals surface area (Å²) in [6.07, 6.45) is 3.90. The molecule has 0 bridgehead atoms. The van der Waals surface area contributed by atoms with Gasteiger partial charge in [0.2, 0.25) is 0 Å². The predicted octanol–water partition coefficient (Wildman–Crippen LogP) is 2.59. The molecule has 16 heavy (non-hydrogen) atoms. The first kappa shape index (κ1) is 11.5. The first-order valence-electron chi connectivity index (χ1n) is 5.54. The lowest BCUT2D eigenvalue weighted by atomic mass is 9.99. The van der Waals surface area contributed by atoms with Crippen LogP contribution in [-0.2, 0) is 11.2 Å². The van der Waals surface area contributed by atoms with Gasteiger partial charge in [0.25, 0.3) is 0 Å². The number of imidazole rings is 1. The SMILES string of the molecule is Cc1nc(Cl)c2n1C(CCC(=O)O)CCC2. The maximum Gasteiger partial charge on any atom is 0.303 e. The maximum absolute atomic E-state index is 10.6. The van der Waals surface area contributed by atoms with E-state index in [2.05, 4.69) is 9.55 Å². The standard InChI is InChI=1S/C11H15ClN2O2/c1-7-13-11(12)9-4-2-3-8(14(7)9)5-6-10(15)16/h8H,2-6H2,1H3,(H,15,16). The number of hydrogen-bond donors (Lipinski definition) is 1. The van der Waals surface area contributed by atoms with Crippen molar-refractivity contribution in [1.29, 1.82) is 0 Å². The summed E-state index contributed by atoms with van der Waals surface area (Å²) in [6.45, 7) is 1.93. The zero-order valence-electron chi connectivity index (χ0n) is 9.24. The lowest BCUT2D eigenvalue weighted by molar-refractivity contribution is -0.137. The van der Waals surface area contributed by atoms with E-state index in [1.165, 1.54) is 0 Å². The Balaban J connectivity index is 2.22. The fraction of sp³-hybridized carbons (Fsp3) is 0.636. The van der Waals surface area contributed by atoms with E-state index in [1.807, 2.05) is 6.92 Å². The highest BCUT2D eigenvalue weighted by atomic mass is 35.5. The van der Waals surface area contributed by atoms with Gasteiger partial charge in [-0.1, -0.05) is 11.6 Å². The molecule has 0 aliphatic carbocycles. The number of nitrogens with zero attached hydrogens (tertiary/aromatic N) is 2. The summed E-state index contributed by atoms with van der Waals surface area (Å²) in [7, 11) is 0. The summed E-state index contributed by atoms with van der Waals surface area (Å²) in [5.41, 5.74) is 1.07. The molecule has 1 atom stereocenters. The van der Waals surface area contributed by atoms with Gasteiger partial charge >= 0.3 is 5.97 Å². The number of carbonyl (C=O) groups is 1. The van der Waals surface area contributed by atoms with E-state index >= 15 is 0 Å². The number of fused-ring (bicyclic) bond motifs is 1. The first-order valence-corrected chi connectivity index (χ1v) is 5.92. The first-order chi connectivity index (χ1) is 7.59. The molecule has 2 rings (SSSR count). The van der Waals surface area contributed by atoms with Crippen molar-refractivity contribution in [3.8, 4) is 0 Å². The number of aromatic nitrogens is 2. The topological polar surface area (TPSA) is 55.1 Å². The largest absolute Gasteiger partial charge is 0.481 e. The third-order valence-electron chi connectivity index (χ3n) is 3.15. The highest BCUT2D eigenvalue weighted by Gasteiger charge is 2.24. The van der Waals surface area contributed by atoms with Crippen LogP contribution in [0.3, 0.4) is 0 Å². The molecule has 0 saturated carbocycles. The van der Waals surface area contributed by atoms with Gasteiger partial charge in [0.15, 0.2) is 5.15 Å². The van der Waals surface area contributed by atoms with Gasteiger partial charge in [0.1, 0.15) is 5.82 Å². The molecule has 0 radical (unpaired) electrons. The van der Waals surface area contributed by atoms with Crippen LogP contribution in [0.15, 0.2) is 0 Å². The second kappa shape index (κ2) is 4.45. The van der Waals surface area contributed by atoms with E-state index in [-0.39, 0.29) is 12.5 Å². The summed E-state index contributed by atoms with van der Waals surface area (Å²) >= 11 is 6.04. The minimum atomic E-state index is -0.740. The molecule has 5 heteroatoms. The highest BCUT2D eigenvalue weighted by molar-refractivity contribution is 6.30. The van der Waals surface area contributed by atoms with Gasteiger partial charge in [-0.3, -0.25) is 4.79 Å². The number of halogens is 1. The minimum absolute atomic E-state index is 0.208. The molecule has 1 aliphatic heterocycles. The average Bonchev–Trinajstić information content (AvgIpc) is 2.52. The van der Waals surface area contributed by atoms with Crippen molar-refractivity contribution >= 4 is 17.6 Å². The average molecular weight is 243 g/mol. The van der Waals surface area contributed by atoms with Crippen LogP contribution < -0.4 is 0 Å². The van der Waals surface area contributed by atoms with Crippen LogP contribution in [0.1, 0.15) is 43.2 Å². The number of hydrogen-bond acceptors (Lipinski definition) is 2. The molecule has 1 aromatic heterocycles. The molecule has 0 spiro atoms. The van der Waals surface area contributed by atoms with Crippen LogP contribution in [0.25, 0.3) is 0 Å². The Hall–Kier alpha value is -1.03. The van der Waals surface area contributed by atoms with E-state index in [4.69, 9.17) is 16.7 Å². The van der Waals surface area contributed by atoms with Gasteiger partial charge in [0.05, 0.1) is 5.69 Å². The van der Waals surface area contributed by atoms with E-state index in [0.717, 1.165) is 30.8 Å². The second-order valence-corrected chi connectivity index (χ2v) is 4.60. The Kier molecular flexibility index (Phi) is 3.19. The Morgan fingerprint density at radius 2 is 2.44 bits per heavy atom. The summed E-state index contributed by atoms with van der Waals surface area (Å²) in [5.74, 6) is 0.158. The van der Waals surface area contributed by atoms with Crippen LogP contribution in [0.4, 0.5) is 0 Å². The molecule has 1 N–H and O–H groups in total. The van der Waals surface area contributed by atoms with Gasteiger partial charge < -0.3 is 9.67 Å². The van der Waals surface area contributed by atoms with Gasteiger partial charge in [-0.25, -0.2) is 4.98 Å². The summed E-state index contributed by atoms with van der Waals surface area (Å²) < 4.78 is 2.12. The second-order valence-electron chi connectivity index (χ2n) is 4.24. The van der Waals surface area contributed by atoms with Crippen LogP contribution in [0.2, 0.25) is 5.15 Å². The van der Waals surface area contributed by atoms with Crippen LogP contribution >= 0.6 is 11.6 Å². The van der Waals surface area contributed by atoms with Gasteiger partial charge in [-0.15, -0.1) is 0 Å².